The normalized spacial score (nSPS) is 20.8. The van der Waals surface area contributed by atoms with Crippen molar-refractivity contribution in [1.82, 2.24) is 35.2 Å². The van der Waals surface area contributed by atoms with E-state index < -0.39 is 0 Å². The Kier molecular flexibility index (Phi) is 4.68. The van der Waals surface area contributed by atoms with Gasteiger partial charge in [0.15, 0.2) is 5.82 Å². The number of carbonyl (C=O) groups excluding carboxylic acids is 1. The van der Waals surface area contributed by atoms with E-state index in [-0.39, 0.29) is 18.6 Å². The van der Waals surface area contributed by atoms with E-state index >= 15 is 0 Å². The fourth-order valence-electron chi connectivity index (χ4n) is 2.97. The summed E-state index contributed by atoms with van der Waals surface area (Å²) in [4.78, 5) is 18.5. The van der Waals surface area contributed by atoms with Crippen molar-refractivity contribution in [2.24, 2.45) is 0 Å². The summed E-state index contributed by atoms with van der Waals surface area (Å²) < 4.78 is 12.6. The number of rotatable bonds is 7. The van der Waals surface area contributed by atoms with Crippen LogP contribution in [0.3, 0.4) is 0 Å². The SMILES string of the molecule is O=C(Cn1cnnn1)N1CCCC(OCCc2noc(C3CC3)n2)C1. The van der Waals surface area contributed by atoms with Gasteiger partial charge in [-0.25, -0.2) is 4.68 Å². The number of hydrogen-bond donors (Lipinski definition) is 0. The second-order valence-electron chi connectivity index (χ2n) is 6.56. The molecule has 1 amide bonds. The van der Waals surface area contributed by atoms with Crippen LogP contribution in [0.5, 0.6) is 0 Å². The van der Waals surface area contributed by atoms with E-state index in [1.807, 2.05) is 4.90 Å². The molecule has 1 aliphatic heterocycles. The smallest absolute Gasteiger partial charge is 0.244 e. The molecule has 0 radical (unpaired) electrons. The first-order valence-corrected chi connectivity index (χ1v) is 8.70. The fourth-order valence-corrected chi connectivity index (χ4v) is 2.97. The number of nitrogens with zero attached hydrogens (tertiary/aromatic N) is 7. The van der Waals surface area contributed by atoms with Crippen molar-refractivity contribution < 1.29 is 14.1 Å². The lowest BCUT2D eigenvalue weighted by Gasteiger charge is -2.32. The number of amides is 1. The fraction of sp³-hybridized carbons (Fsp3) is 0.733. The maximum Gasteiger partial charge on any atom is 0.244 e. The van der Waals surface area contributed by atoms with E-state index in [0.29, 0.717) is 31.3 Å². The lowest BCUT2D eigenvalue weighted by Crippen LogP contribution is -2.44. The highest BCUT2D eigenvalue weighted by molar-refractivity contribution is 5.76. The van der Waals surface area contributed by atoms with Crippen molar-refractivity contribution in [3.05, 3.63) is 18.0 Å². The van der Waals surface area contributed by atoms with E-state index in [0.717, 1.165) is 38.1 Å². The number of hydrogen-bond acceptors (Lipinski definition) is 8. The molecule has 1 saturated heterocycles. The molecular weight excluding hydrogens is 326 g/mol. The topological polar surface area (TPSA) is 112 Å². The second kappa shape index (κ2) is 7.26. The van der Waals surface area contributed by atoms with E-state index in [4.69, 9.17) is 9.26 Å². The summed E-state index contributed by atoms with van der Waals surface area (Å²) in [6.45, 7) is 2.03. The predicted octanol–water partition coefficient (Wildman–Crippen LogP) is 0.184. The van der Waals surface area contributed by atoms with Gasteiger partial charge in [-0.15, -0.1) is 5.10 Å². The number of carbonyl (C=O) groups is 1. The molecule has 1 aliphatic carbocycles. The quantitative estimate of drug-likeness (QED) is 0.697. The van der Waals surface area contributed by atoms with Crippen molar-refractivity contribution in [3.63, 3.8) is 0 Å². The van der Waals surface area contributed by atoms with Gasteiger partial charge in [0, 0.05) is 25.4 Å². The van der Waals surface area contributed by atoms with Gasteiger partial charge in [0.2, 0.25) is 11.8 Å². The summed E-state index contributed by atoms with van der Waals surface area (Å²) in [6, 6.07) is 0. The van der Waals surface area contributed by atoms with Gasteiger partial charge in [-0.2, -0.15) is 4.98 Å². The number of piperidine rings is 1. The molecule has 134 valence electrons. The Balaban J connectivity index is 1.21. The summed E-state index contributed by atoms with van der Waals surface area (Å²) in [6.07, 6.45) is 6.29. The van der Waals surface area contributed by atoms with Crippen LogP contribution in [0.25, 0.3) is 0 Å². The molecule has 2 aliphatic rings. The maximum absolute atomic E-state index is 12.3. The molecule has 1 unspecified atom stereocenters. The molecule has 0 aromatic carbocycles. The molecule has 0 spiro atoms. The van der Waals surface area contributed by atoms with Gasteiger partial charge in [-0.3, -0.25) is 4.79 Å². The van der Waals surface area contributed by atoms with Crippen LogP contribution in [0.4, 0.5) is 0 Å². The first-order chi connectivity index (χ1) is 12.3. The lowest BCUT2D eigenvalue weighted by atomic mass is 10.1. The van der Waals surface area contributed by atoms with E-state index in [1.165, 1.54) is 11.0 Å². The lowest BCUT2D eigenvalue weighted by molar-refractivity contribution is -0.136. The average Bonchev–Trinajstić information content (AvgIpc) is 3.15. The standard InChI is InChI=1S/C15H21N7O3/c23-14(9-22-10-16-19-20-22)21-6-1-2-12(8-21)24-7-5-13-17-15(25-18-13)11-3-4-11/h10-12H,1-9H2. The van der Waals surface area contributed by atoms with Gasteiger partial charge in [0.1, 0.15) is 12.9 Å². The number of likely N-dealkylation sites (tertiary alicyclic amines) is 1. The van der Waals surface area contributed by atoms with Crippen LogP contribution < -0.4 is 0 Å². The van der Waals surface area contributed by atoms with Gasteiger partial charge >= 0.3 is 0 Å². The Hall–Kier alpha value is -2.36. The van der Waals surface area contributed by atoms with Crippen molar-refractivity contribution >= 4 is 5.91 Å². The van der Waals surface area contributed by atoms with E-state index in [9.17, 15) is 4.79 Å². The predicted molar refractivity (Wildman–Crippen MR) is 83.3 cm³/mol. The molecule has 3 heterocycles. The largest absolute Gasteiger partial charge is 0.376 e. The van der Waals surface area contributed by atoms with Gasteiger partial charge in [0.25, 0.3) is 0 Å². The van der Waals surface area contributed by atoms with Gasteiger partial charge in [-0.1, -0.05) is 5.16 Å². The van der Waals surface area contributed by atoms with Crippen LogP contribution in [0.1, 0.15) is 43.3 Å². The molecule has 0 bridgehead atoms. The number of aromatic nitrogens is 6. The minimum Gasteiger partial charge on any atom is -0.376 e. The van der Waals surface area contributed by atoms with Crippen molar-refractivity contribution in [3.8, 4) is 0 Å². The summed E-state index contributed by atoms with van der Waals surface area (Å²) in [7, 11) is 0. The highest BCUT2D eigenvalue weighted by atomic mass is 16.5. The van der Waals surface area contributed by atoms with Crippen LogP contribution in [0.15, 0.2) is 10.9 Å². The van der Waals surface area contributed by atoms with Crippen LogP contribution in [0.2, 0.25) is 0 Å². The zero-order chi connectivity index (χ0) is 17.1. The Morgan fingerprint density at radius 3 is 3.08 bits per heavy atom. The molecule has 10 heteroatoms. The molecule has 25 heavy (non-hydrogen) atoms. The number of tetrazole rings is 1. The summed E-state index contributed by atoms with van der Waals surface area (Å²) in [5.74, 6) is 1.93. The monoisotopic (exact) mass is 347 g/mol. The molecular formula is C15H21N7O3. The van der Waals surface area contributed by atoms with Crippen molar-refractivity contribution in [2.75, 3.05) is 19.7 Å². The minimum absolute atomic E-state index is 0.00726. The molecule has 0 N–H and O–H groups in total. The zero-order valence-electron chi connectivity index (χ0n) is 14.0. The first kappa shape index (κ1) is 16.1. The molecule has 4 rings (SSSR count). The Labute approximate surface area is 144 Å². The van der Waals surface area contributed by atoms with Gasteiger partial charge in [0.05, 0.1) is 12.7 Å². The minimum atomic E-state index is 0.00726. The van der Waals surface area contributed by atoms with Crippen LogP contribution in [-0.2, 0) is 22.5 Å². The van der Waals surface area contributed by atoms with Crippen molar-refractivity contribution in [1.29, 1.82) is 0 Å². The Morgan fingerprint density at radius 2 is 2.28 bits per heavy atom. The summed E-state index contributed by atoms with van der Waals surface area (Å²) >= 11 is 0. The highest BCUT2D eigenvalue weighted by Gasteiger charge is 2.29. The molecule has 1 atom stereocenters. The first-order valence-electron chi connectivity index (χ1n) is 8.70. The molecule has 2 aromatic heterocycles. The van der Waals surface area contributed by atoms with Crippen molar-refractivity contribution in [2.45, 2.75) is 50.7 Å². The molecule has 2 fully saturated rings. The Morgan fingerprint density at radius 1 is 1.36 bits per heavy atom. The second-order valence-corrected chi connectivity index (χ2v) is 6.56. The van der Waals surface area contributed by atoms with E-state index in [1.54, 1.807) is 0 Å². The van der Waals surface area contributed by atoms with Gasteiger partial charge < -0.3 is 14.2 Å². The third kappa shape index (κ3) is 4.19. The van der Waals surface area contributed by atoms with Crippen LogP contribution in [0, 0.1) is 0 Å². The molecule has 1 saturated carbocycles. The van der Waals surface area contributed by atoms with E-state index in [2.05, 4.69) is 25.7 Å². The van der Waals surface area contributed by atoms with Crippen LogP contribution in [-0.4, -0.2) is 67.0 Å². The third-order valence-corrected chi connectivity index (χ3v) is 4.51. The van der Waals surface area contributed by atoms with Crippen LogP contribution >= 0.6 is 0 Å². The Bertz CT molecular complexity index is 698. The summed E-state index contributed by atoms with van der Waals surface area (Å²) in [5, 5.41) is 14.8. The number of ether oxygens (including phenoxy) is 1. The third-order valence-electron chi connectivity index (χ3n) is 4.51. The molecule has 2 aromatic rings. The highest BCUT2D eigenvalue weighted by Crippen LogP contribution is 2.38. The maximum atomic E-state index is 12.3. The molecule has 10 nitrogen and oxygen atoms in total. The zero-order valence-corrected chi connectivity index (χ0v) is 14.0. The summed E-state index contributed by atoms with van der Waals surface area (Å²) in [5.41, 5.74) is 0. The van der Waals surface area contributed by atoms with Gasteiger partial charge in [-0.05, 0) is 36.1 Å². The average molecular weight is 347 g/mol.